The summed E-state index contributed by atoms with van der Waals surface area (Å²) in [4.78, 5) is 13.8. The first-order valence-corrected chi connectivity index (χ1v) is 6.14. The molecule has 17 heavy (non-hydrogen) atoms. The van der Waals surface area contributed by atoms with Crippen LogP contribution in [0.3, 0.4) is 0 Å². The second-order valence-corrected chi connectivity index (χ2v) is 5.39. The molecule has 0 aliphatic carbocycles. The fraction of sp³-hybridized carbons (Fsp3) is 0.462. The van der Waals surface area contributed by atoms with E-state index < -0.39 is 0 Å². The van der Waals surface area contributed by atoms with Gasteiger partial charge >= 0.3 is 0 Å². The zero-order chi connectivity index (χ0) is 12.6. The highest BCUT2D eigenvalue weighted by Crippen LogP contribution is 2.31. The van der Waals surface area contributed by atoms with Gasteiger partial charge in [-0.1, -0.05) is 23.7 Å². The lowest BCUT2D eigenvalue weighted by Gasteiger charge is -2.36. The minimum absolute atomic E-state index is 0.0324. The summed E-state index contributed by atoms with van der Waals surface area (Å²) in [6, 6.07) is 7.26. The van der Waals surface area contributed by atoms with Crippen LogP contribution in [0.2, 0.25) is 5.02 Å². The van der Waals surface area contributed by atoms with E-state index in [0.29, 0.717) is 5.02 Å². The standard InChI is InChI=1S/C13H17ClN2O/c1-13(2,9-3-5-10(14)6-4-9)16-8-7-11(15)12(16)17/h3-6,11H,7-8,15H2,1-2H3. The fourth-order valence-corrected chi connectivity index (χ4v) is 2.40. The van der Waals surface area contributed by atoms with Gasteiger partial charge in [0.15, 0.2) is 0 Å². The molecule has 1 atom stereocenters. The molecule has 92 valence electrons. The Morgan fingerprint density at radius 1 is 1.35 bits per heavy atom. The van der Waals surface area contributed by atoms with E-state index in [1.807, 2.05) is 43.0 Å². The smallest absolute Gasteiger partial charge is 0.240 e. The van der Waals surface area contributed by atoms with Crippen LogP contribution in [0.15, 0.2) is 24.3 Å². The summed E-state index contributed by atoms with van der Waals surface area (Å²) in [6.07, 6.45) is 0.732. The number of carbonyl (C=O) groups is 1. The lowest BCUT2D eigenvalue weighted by atomic mass is 9.92. The normalized spacial score (nSPS) is 21.1. The summed E-state index contributed by atoms with van der Waals surface area (Å²) >= 11 is 5.87. The molecule has 0 aromatic heterocycles. The van der Waals surface area contributed by atoms with Crippen molar-refractivity contribution in [3.05, 3.63) is 34.9 Å². The maximum absolute atomic E-state index is 12.0. The van der Waals surface area contributed by atoms with Gasteiger partial charge in [0.05, 0.1) is 11.6 Å². The number of hydrogen-bond donors (Lipinski definition) is 1. The summed E-state index contributed by atoms with van der Waals surface area (Å²) in [5, 5.41) is 0.703. The number of amides is 1. The molecule has 1 aliphatic rings. The van der Waals surface area contributed by atoms with E-state index in [4.69, 9.17) is 17.3 Å². The zero-order valence-corrected chi connectivity index (χ0v) is 10.9. The Morgan fingerprint density at radius 3 is 2.41 bits per heavy atom. The molecule has 1 aliphatic heterocycles. The first-order valence-electron chi connectivity index (χ1n) is 5.76. The van der Waals surface area contributed by atoms with Crippen LogP contribution in [0, 0.1) is 0 Å². The van der Waals surface area contributed by atoms with Gasteiger partial charge in [-0.15, -0.1) is 0 Å². The molecule has 4 heteroatoms. The molecule has 0 radical (unpaired) electrons. The summed E-state index contributed by atoms with van der Waals surface area (Å²) in [5.41, 5.74) is 6.49. The van der Waals surface area contributed by atoms with Crippen molar-refractivity contribution in [3.63, 3.8) is 0 Å². The van der Waals surface area contributed by atoms with Crippen molar-refractivity contribution in [2.45, 2.75) is 31.8 Å². The SMILES string of the molecule is CC(C)(c1ccc(Cl)cc1)N1CCC(N)C1=O. The first kappa shape index (κ1) is 12.4. The first-order chi connectivity index (χ1) is 7.93. The van der Waals surface area contributed by atoms with Gasteiger partial charge in [0.2, 0.25) is 5.91 Å². The van der Waals surface area contributed by atoms with Crippen molar-refractivity contribution in [1.82, 2.24) is 4.90 Å². The van der Waals surface area contributed by atoms with E-state index in [9.17, 15) is 4.79 Å². The molecule has 0 spiro atoms. The van der Waals surface area contributed by atoms with Crippen LogP contribution in [0.1, 0.15) is 25.8 Å². The van der Waals surface area contributed by atoms with Gasteiger partial charge in [-0.3, -0.25) is 4.79 Å². The highest BCUT2D eigenvalue weighted by molar-refractivity contribution is 6.30. The number of carbonyl (C=O) groups excluding carboxylic acids is 1. The number of halogens is 1. The van der Waals surface area contributed by atoms with E-state index >= 15 is 0 Å². The van der Waals surface area contributed by atoms with Crippen molar-refractivity contribution >= 4 is 17.5 Å². The molecular formula is C13H17ClN2O. The summed E-state index contributed by atoms with van der Waals surface area (Å²) in [5.74, 6) is 0.0324. The highest BCUT2D eigenvalue weighted by Gasteiger charge is 2.39. The Hall–Kier alpha value is -1.06. The number of hydrogen-bond acceptors (Lipinski definition) is 2. The third kappa shape index (κ3) is 2.17. The van der Waals surface area contributed by atoms with E-state index in [0.717, 1.165) is 18.5 Å². The second-order valence-electron chi connectivity index (χ2n) is 4.95. The number of nitrogens with zero attached hydrogens (tertiary/aromatic N) is 1. The average Bonchev–Trinajstić information content (AvgIpc) is 2.61. The van der Waals surface area contributed by atoms with Gasteiger partial charge in [-0.05, 0) is 38.0 Å². The molecule has 1 aromatic carbocycles. The van der Waals surface area contributed by atoms with Crippen LogP contribution in [0.4, 0.5) is 0 Å². The van der Waals surface area contributed by atoms with E-state index in [2.05, 4.69) is 0 Å². The third-order valence-electron chi connectivity index (χ3n) is 3.47. The molecule has 0 saturated carbocycles. The minimum Gasteiger partial charge on any atom is -0.332 e. The van der Waals surface area contributed by atoms with Crippen molar-refractivity contribution < 1.29 is 4.79 Å². The quantitative estimate of drug-likeness (QED) is 0.877. The molecule has 2 N–H and O–H groups in total. The van der Waals surface area contributed by atoms with Crippen LogP contribution in [-0.4, -0.2) is 23.4 Å². The van der Waals surface area contributed by atoms with Gasteiger partial charge < -0.3 is 10.6 Å². The Kier molecular flexibility index (Phi) is 3.15. The Morgan fingerprint density at radius 2 is 1.94 bits per heavy atom. The molecule has 1 heterocycles. The molecule has 2 rings (SSSR count). The Labute approximate surface area is 107 Å². The largest absolute Gasteiger partial charge is 0.332 e. The maximum atomic E-state index is 12.0. The second kappa shape index (κ2) is 4.31. The lowest BCUT2D eigenvalue weighted by molar-refractivity contribution is -0.133. The van der Waals surface area contributed by atoms with Crippen molar-refractivity contribution in [1.29, 1.82) is 0 Å². The molecule has 1 saturated heterocycles. The van der Waals surface area contributed by atoms with E-state index in [1.165, 1.54) is 0 Å². The Bertz CT molecular complexity index is 428. The molecule has 3 nitrogen and oxygen atoms in total. The molecular weight excluding hydrogens is 236 g/mol. The minimum atomic E-state index is -0.346. The monoisotopic (exact) mass is 252 g/mol. The predicted molar refractivity (Wildman–Crippen MR) is 68.8 cm³/mol. The molecule has 1 amide bonds. The number of likely N-dealkylation sites (tertiary alicyclic amines) is 1. The summed E-state index contributed by atoms with van der Waals surface area (Å²) < 4.78 is 0. The van der Waals surface area contributed by atoms with Crippen LogP contribution in [-0.2, 0) is 10.3 Å². The molecule has 0 bridgehead atoms. The zero-order valence-electron chi connectivity index (χ0n) is 10.1. The van der Waals surface area contributed by atoms with Crippen molar-refractivity contribution in [3.8, 4) is 0 Å². The molecule has 1 fully saturated rings. The maximum Gasteiger partial charge on any atom is 0.240 e. The Balaban J connectivity index is 2.30. The third-order valence-corrected chi connectivity index (χ3v) is 3.72. The topological polar surface area (TPSA) is 46.3 Å². The highest BCUT2D eigenvalue weighted by atomic mass is 35.5. The van der Waals surface area contributed by atoms with E-state index in [-0.39, 0.29) is 17.5 Å². The van der Waals surface area contributed by atoms with Crippen molar-refractivity contribution in [2.75, 3.05) is 6.54 Å². The van der Waals surface area contributed by atoms with Crippen LogP contribution in [0.5, 0.6) is 0 Å². The van der Waals surface area contributed by atoms with Gasteiger partial charge in [0, 0.05) is 11.6 Å². The summed E-state index contributed by atoms with van der Waals surface area (Å²) in [7, 11) is 0. The van der Waals surface area contributed by atoms with E-state index in [1.54, 1.807) is 0 Å². The average molecular weight is 253 g/mol. The number of benzene rings is 1. The van der Waals surface area contributed by atoms with Gasteiger partial charge in [-0.25, -0.2) is 0 Å². The van der Waals surface area contributed by atoms with Crippen LogP contribution in [0.25, 0.3) is 0 Å². The van der Waals surface area contributed by atoms with Crippen LogP contribution >= 0.6 is 11.6 Å². The molecule has 1 unspecified atom stereocenters. The van der Waals surface area contributed by atoms with Crippen LogP contribution < -0.4 is 5.73 Å². The molecule has 1 aromatic rings. The fourth-order valence-electron chi connectivity index (χ4n) is 2.27. The van der Waals surface area contributed by atoms with Gasteiger partial charge in [0.1, 0.15) is 0 Å². The van der Waals surface area contributed by atoms with Gasteiger partial charge in [0.25, 0.3) is 0 Å². The summed E-state index contributed by atoms with van der Waals surface area (Å²) in [6.45, 7) is 4.79. The van der Waals surface area contributed by atoms with Gasteiger partial charge in [-0.2, -0.15) is 0 Å². The van der Waals surface area contributed by atoms with Crippen molar-refractivity contribution in [2.24, 2.45) is 5.73 Å². The predicted octanol–water partition coefficient (Wildman–Crippen LogP) is 2.13. The number of rotatable bonds is 2. The number of nitrogens with two attached hydrogens (primary N) is 1. The lowest BCUT2D eigenvalue weighted by Crippen LogP contribution is -2.45.